The van der Waals surface area contributed by atoms with Crippen molar-refractivity contribution in [1.82, 2.24) is 4.90 Å². The van der Waals surface area contributed by atoms with E-state index in [1.807, 2.05) is 0 Å². The molecule has 0 saturated carbocycles. The highest BCUT2D eigenvalue weighted by atomic mass is 35.5. The van der Waals surface area contributed by atoms with Crippen LogP contribution in [-0.4, -0.2) is 35.8 Å². The summed E-state index contributed by atoms with van der Waals surface area (Å²) in [5.74, 6) is -0.958. The van der Waals surface area contributed by atoms with Crippen molar-refractivity contribution < 1.29 is 14.3 Å². The summed E-state index contributed by atoms with van der Waals surface area (Å²) in [4.78, 5) is 17.1. The first-order chi connectivity index (χ1) is 10.4. The molecule has 2 aromatic rings. The number of urea groups is 1. The molecule has 0 aromatic heterocycles. The minimum atomic E-state index is -0.666. The lowest BCUT2D eigenvalue weighted by Crippen LogP contribution is -2.20. The molecule has 0 spiro atoms. The van der Waals surface area contributed by atoms with E-state index in [2.05, 4.69) is 4.99 Å². The van der Waals surface area contributed by atoms with E-state index in [1.165, 1.54) is 37.2 Å². The highest BCUT2D eigenvalue weighted by molar-refractivity contribution is 6.30. The summed E-state index contributed by atoms with van der Waals surface area (Å²) in [5, 5.41) is 10.5. The minimum Gasteiger partial charge on any atom is -0.507 e. The SMILES string of the molecule is CN(C)C(=O)/N=C(\c1ccc(Cl)cc1)c1c(O)cccc1F. The Morgan fingerprint density at radius 2 is 1.82 bits per heavy atom. The highest BCUT2D eigenvalue weighted by Crippen LogP contribution is 2.25. The third kappa shape index (κ3) is 3.43. The number of halogens is 2. The Morgan fingerprint density at radius 3 is 2.36 bits per heavy atom. The first kappa shape index (κ1) is 16.0. The second-order valence-corrected chi connectivity index (χ2v) is 5.21. The summed E-state index contributed by atoms with van der Waals surface area (Å²) in [6, 6.07) is 9.76. The predicted molar refractivity (Wildman–Crippen MR) is 84.2 cm³/mol. The van der Waals surface area contributed by atoms with Gasteiger partial charge < -0.3 is 10.0 Å². The molecular formula is C16H14ClFN2O2. The molecule has 6 heteroatoms. The van der Waals surface area contributed by atoms with E-state index in [4.69, 9.17) is 11.6 Å². The van der Waals surface area contributed by atoms with Crippen molar-refractivity contribution in [1.29, 1.82) is 0 Å². The Kier molecular flexibility index (Phi) is 4.78. The number of rotatable bonds is 2. The maximum Gasteiger partial charge on any atom is 0.343 e. The van der Waals surface area contributed by atoms with Gasteiger partial charge in [-0.25, -0.2) is 9.18 Å². The average molecular weight is 321 g/mol. The predicted octanol–water partition coefficient (Wildman–Crippen LogP) is 3.70. The van der Waals surface area contributed by atoms with Gasteiger partial charge in [-0.15, -0.1) is 0 Å². The number of phenols is 1. The summed E-state index contributed by atoms with van der Waals surface area (Å²) in [6.45, 7) is 0. The zero-order valence-electron chi connectivity index (χ0n) is 12.0. The highest BCUT2D eigenvalue weighted by Gasteiger charge is 2.18. The van der Waals surface area contributed by atoms with E-state index in [1.54, 1.807) is 24.3 Å². The molecule has 0 atom stereocenters. The van der Waals surface area contributed by atoms with E-state index in [0.717, 1.165) is 0 Å². The normalized spacial score (nSPS) is 11.4. The van der Waals surface area contributed by atoms with Crippen LogP contribution in [0.1, 0.15) is 11.1 Å². The van der Waals surface area contributed by atoms with Crippen LogP contribution in [0, 0.1) is 5.82 Å². The lowest BCUT2D eigenvalue weighted by atomic mass is 10.0. The van der Waals surface area contributed by atoms with E-state index in [0.29, 0.717) is 10.6 Å². The van der Waals surface area contributed by atoms with Gasteiger partial charge >= 0.3 is 6.03 Å². The number of carbonyl (C=O) groups is 1. The molecule has 0 fully saturated rings. The third-order valence-corrected chi connectivity index (χ3v) is 3.19. The third-order valence-electron chi connectivity index (χ3n) is 2.94. The first-order valence-electron chi connectivity index (χ1n) is 6.44. The van der Waals surface area contributed by atoms with Crippen LogP contribution in [0.5, 0.6) is 5.75 Å². The van der Waals surface area contributed by atoms with Crippen LogP contribution in [0.3, 0.4) is 0 Å². The molecule has 0 heterocycles. The maximum atomic E-state index is 14.1. The van der Waals surface area contributed by atoms with Crippen LogP contribution in [-0.2, 0) is 0 Å². The molecule has 0 radical (unpaired) electrons. The monoisotopic (exact) mass is 320 g/mol. The van der Waals surface area contributed by atoms with Gasteiger partial charge in [0.25, 0.3) is 0 Å². The molecule has 2 amide bonds. The number of benzene rings is 2. The Bertz CT molecular complexity index is 707. The van der Waals surface area contributed by atoms with E-state index in [-0.39, 0.29) is 17.0 Å². The van der Waals surface area contributed by atoms with E-state index in [9.17, 15) is 14.3 Å². The summed E-state index contributed by atoms with van der Waals surface area (Å²) in [5.41, 5.74) is 0.394. The standard InChI is InChI=1S/C16H14ClFN2O2/c1-20(2)16(22)19-15(10-6-8-11(17)9-7-10)14-12(18)4-3-5-13(14)21/h3-9,21H,1-2H3/b19-15+. The molecule has 22 heavy (non-hydrogen) atoms. The second kappa shape index (κ2) is 6.58. The number of nitrogens with zero attached hydrogens (tertiary/aromatic N) is 2. The van der Waals surface area contributed by atoms with Crippen molar-refractivity contribution >= 4 is 23.3 Å². The molecule has 4 nitrogen and oxygen atoms in total. The van der Waals surface area contributed by atoms with E-state index >= 15 is 0 Å². The zero-order chi connectivity index (χ0) is 16.3. The first-order valence-corrected chi connectivity index (χ1v) is 6.81. The molecule has 0 aliphatic heterocycles. The largest absolute Gasteiger partial charge is 0.507 e. The van der Waals surface area contributed by atoms with E-state index < -0.39 is 11.8 Å². The fraction of sp³-hybridized carbons (Fsp3) is 0.125. The quantitative estimate of drug-likeness (QED) is 0.858. The van der Waals surface area contributed by atoms with Crippen molar-refractivity contribution in [2.24, 2.45) is 4.99 Å². The van der Waals surface area contributed by atoms with Crippen LogP contribution in [0.4, 0.5) is 9.18 Å². The Morgan fingerprint density at radius 1 is 1.18 bits per heavy atom. The average Bonchev–Trinajstić information content (AvgIpc) is 2.46. The van der Waals surface area contributed by atoms with Crippen molar-refractivity contribution in [2.75, 3.05) is 14.1 Å². The molecule has 0 bridgehead atoms. The second-order valence-electron chi connectivity index (χ2n) is 4.78. The molecule has 0 saturated heterocycles. The number of phenolic OH excluding ortho intramolecular Hbond substituents is 1. The summed E-state index contributed by atoms with van der Waals surface area (Å²) in [6.07, 6.45) is 0. The summed E-state index contributed by atoms with van der Waals surface area (Å²) < 4.78 is 14.1. The minimum absolute atomic E-state index is 0.0472. The van der Waals surface area contributed by atoms with Gasteiger partial charge in [0.1, 0.15) is 11.6 Å². The topological polar surface area (TPSA) is 52.9 Å². The van der Waals surface area contributed by atoms with Gasteiger partial charge in [0.2, 0.25) is 0 Å². The molecule has 1 N–H and O–H groups in total. The Labute approximate surface area is 132 Å². The van der Waals surface area contributed by atoms with Gasteiger partial charge in [-0.05, 0) is 24.3 Å². The van der Waals surface area contributed by atoms with Crippen LogP contribution in [0.25, 0.3) is 0 Å². The van der Waals surface area contributed by atoms with Crippen molar-refractivity contribution in [3.63, 3.8) is 0 Å². The molecule has 2 rings (SSSR count). The molecule has 2 aromatic carbocycles. The van der Waals surface area contributed by atoms with Gasteiger partial charge in [0.15, 0.2) is 0 Å². The van der Waals surface area contributed by atoms with Crippen molar-refractivity contribution in [3.05, 3.63) is 64.4 Å². The van der Waals surface area contributed by atoms with Crippen LogP contribution in [0.2, 0.25) is 5.02 Å². The van der Waals surface area contributed by atoms with Gasteiger partial charge in [-0.2, -0.15) is 4.99 Å². The van der Waals surface area contributed by atoms with Crippen LogP contribution < -0.4 is 0 Å². The summed E-state index contributed by atoms with van der Waals surface area (Å²) >= 11 is 5.84. The molecule has 0 unspecified atom stereocenters. The number of amides is 2. The van der Waals surface area contributed by atoms with Crippen molar-refractivity contribution in [3.8, 4) is 5.75 Å². The van der Waals surface area contributed by atoms with Gasteiger partial charge in [-0.3, -0.25) is 0 Å². The van der Waals surface area contributed by atoms with Crippen molar-refractivity contribution in [2.45, 2.75) is 0 Å². The molecule has 0 aliphatic rings. The number of hydrogen-bond donors (Lipinski definition) is 1. The lowest BCUT2D eigenvalue weighted by Gasteiger charge is -2.12. The number of aromatic hydroxyl groups is 1. The number of carbonyl (C=O) groups excluding carboxylic acids is 1. The Hall–Kier alpha value is -2.40. The number of hydrogen-bond acceptors (Lipinski definition) is 2. The summed E-state index contributed by atoms with van der Waals surface area (Å²) in [7, 11) is 3.07. The molecular weight excluding hydrogens is 307 g/mol. The van der Waals surface area contributed by atoms with Crippen LogP contribution >= 0.6 is 11.6 Å². The van der Waals surface area contributed by atoms with Gasteiger partial charge in [0.05, 0.1) is 11.3 Å². The Balaban J connectivity index is 2.65. The van der Waals surface area contributed by atoms with Gasteiger partial charge in [0, 0.05) is 24.7 Å². The van der Waals surface area contributed by atoms with Crippen LogP contribution in [0.15, 0.2) is 47.5 Å². The van der Waals surface area contributed by atoms with Gasteiger partial charge in [-0.1, -0.05) is 29.8 Å². The number of aliphatic imine (C=N–C) groups is 1. The lowest BCUT2D eigenvalue weighted by molar-refractivity contribution is 0.227. The fourth-order valence-electron chi connectivity index (χ4n) is 1.82. The molecule has 114 valence electrons. The smallest absolute Gasteiger partial charge is 0.343 e. The maximum absolute atomic E-state index is 14.1. The molecule has 0 aliphatic carbocycles. The fourth-order valence-corrected chi connectivity index (χ4v) is 1.94. The zero-order valence-corrected chi connectivity index (χ0v) is 12.8.